The number of pyridine rings is 1. The Labute approximate surface area is 136 Å². The van der Waals surface area contributed by atoms with E-state index in [2.05, 4.69) is 10.3 Å². The van der Waals surface area contributed by atoms with Gasteiger partial charge < -0.3 is 14.8 Å². The van der Waals surface area contributed by atoms with E-state index in [-0.39, 0.29) is 5.91 Å². The first kappa shape index (κ1) is 16.5. The maximum atomic E-state index is 11.8. The molecule has 2 rings (SSSR count). The number of amides is 1. The van der Waals surface area contributed by atoms with Gasteiger partial charge in [-0.05, 0) is 36.3 Å². The maximum absolute atomic E-state index is 11.8. The molecule has 1 amide bonds. The van der Waals surface area contributed by atoms with Crippen molar-refractivity contribution in [1.29, 1.82) is 0 Å². The van der Waals surface area contributed by atoms with E-state index in [1.165, 1.54) is 6.08 Å². The highest BCUT2D eigenvalue weighted by molar-refractivity contribution is 5.91. The quantitative estimate of drug-likeness (QED) is 0.799. The summed E-state index contributed by atoms with van der Waals surface area (Å²) in [6, 6.07) is 11.2. The monoisotopic (exact) mass is 312 g/mol. The van der Waals surface area contributed by atoms with Gasteiger partial charge in [-0.1, -0.05) is 18.2 Å². The summed E-state index contributed by atoms with van der Waals surface area (Å²) in [5, 5.41) is 2.81. The molecule has 0 bridgehead atoms. The van der Waals surface area contributed by atoms with Crippen molar-refractivity contribution in [3.63, 3.8) is 0 Å². The molecule has 120 valence electrons. The number of nitrogens with one attached hydrogen (secondary N) is 1. The largest absolute Gasteiger partial charge is 0.494 e. The third-order valence-corrected chi connectivity index (χ3v) is 3.09. The second kappa shape index (κ2) is 8.58. The molecular weight excluding hydrogens is 292 g/mol. The summed E-state index contributed by atoms with van der Waals surface area (Å²) in [6.07, 6.45) is 4.94. The van der Waals surface area contributed by atoms with Crippen LogP contribution in [0.3, 0.4) is 0 Å². The maximum Gasteiger partial charge on any atom is 0.244 e. The number of ether oxygens (including phenoxy) is 2. The lowest BCUT2D eigenvalue weighted by Gasteiger charge is -2.04. The van der Waals surface area contributed by atoms with E-state index in [0.717, 1.165) is 16.9 Å². The van der Waals surface area contributed by atoms with Crippen molar-refractivity contribution in [3.05, 3.63) is 59.8 Å². The molecule has 23 heavy (non-hydrogen) atoms. The number of rotatable bonds is 7. The molecule has 1 heterocycles. The van der Waals surface area contributed by atoms with Gasteiger partial charge in [-0.25, -0.2) is 4.98 Å². The number of nitrogens with zero attached hydrogens (tertiary/aromatic N) is 1. The van der Waals surface area contributed by atoms with Gasteiger partial charge in [-0.3, -0.25) is 4.79 Å². The van der Waals surface area contributed by atoms with Crippen molar-refractivity contribution in [2.75, 3.05) is 13.7 Å². The van der Waals surface area contributed by atoms with E-state index in [1.807, 2.05) is 37.3 Å². The van der Waals surface area contributed by atoms with Crippen LogP contribution in [0.25, 0.3) is 6.08 Å². The van der Waals surface area contributed by atoms with E-state index in [4.69, 9.17) is 9.47 Å². The topological polar surface area (TPSA) is 60.5 Å². The van der Waals surface area contributed by atoms with Gasteiger partial charge in [0.1, 0.15) is 5.75 Å². The Balaban J connectivity index is 1.83. The second-order valence-corrected chi connectivity index (χ2v) is 4.76. The van der Waals surface area contributed by atoms with Crippen molar-refractivity contribution < 1.29 is 14.3 Å². The van der Waals surface area contributed by atoms with Gasteiger partial charge in [0.25, 0.3) is 0 Å². The van der Waals surface area contributed by atoms with Crippen LogP contribution in [-0.4, -0.2) is 24.6 Å². The Morgan fingerprint density at radius 3 is 2.61 bits per heavy atom. The minimum atomic E-state index is -0.158. The molecule has 2 aromatic rings. The molecule has 0 fully saturated rings. The van der Waals surface area contributed by atoms with Crippen LogP contribution >= 0.6 is 0 Å². The third kappa shape index (κ3) is 5.47. The van der Waals surface area contributed by atoms with Crippen LogP contribution in [0.4, 0.5) is 0 Å². The molecule has 0 saturated heterocycles. The molecule has 5 heteroatoms. The minimum absolute atomic E-state index is 0.158. The zero-order valence-electron chi connectivity index (χ0n) is 13.3. The average molecular weight is 312 g/mol. The Morgan fingerprint density at radius 1 is 1.22 bits per heavy atom. The fourth-order valence-electron chi connectivity index (χ4n) is 1.90. The molecule has 0 aliphatic heterocycles. The third-order valence-electron chi connectivity index (χ3n) is 3.09. The molecule has 1 aromatic heterocycles. The first-order chi connectivity index (χ1) is 11.2. The normalized spacial score (nSPS) is 10.5. The predicted octanol–water partition coefficient (Wildman–Crippen LogP) is 2.82. The summed E-state index contributed by atoms with van der Waals surface area (Å²) < 4.78 is 10.4. The summed E-state index contributed by atoms with van der Waals surface area (Å²) in [6.45, 7) is 3.00. The standard InChI is InChI=1S/C18H20N2O3/c1-3-23-16-8-4-14(5-9-16)6-10-17(21)19-12-15-7-11-18(22-2)20-13-15/h4-11,13H,3,12H2,1-2H3,(H,19,21). The number of hydrogen-bond acceptors (Lipinski definition) is 4. The van der Waals surface area contributed by atoms with Gasteiger partial charge in [-0.2, -0.15) is 0 Å². The van der Waals surface area contributed by atoms with E-state index < -0.39 is 0 Å². The summed E-state index contributed by atoms with van der Waals surface area (Å²) in [7, 11) is 1.56. The van der Waals surface area contributed by atoms with Crippen molar-refractivity contribution in [2.24, 2.45) is 0 Å². The van der Waals surface area contributed by atoms with E-state index >= 15 is 0 Å². The summed E-state index contributed by atoms with van der Waals surface area (Å²) in [5.41, 5.74) is 1.85. The number of aromatic nitrogens is 1. The van der Waals surface area contributed by atoms with Crippen molar-refractivity contribution in [1.82, 2.24) is 10.3 Å². The van der Waals surface area contributed by atoms with Crippen LogP contribution in [0.2, 0.25) is 0 Å². The molecule has 0 radical (unpaired) electrons. The molecule has 0 aliphatic rings. The number of carbonyl (C=O) groups is 1. The predicted molar refractivity (Wildman–Crippen MR) is 89.3 cm³/mol. The van der Waals surface area contributed by atoms with Crippen LogP contribution in [-0.2, 0) is 11.3 Å². The highest BCUT2D eigenvalue weighted by atomic mass is 16.5. The fourth-order valence-corrected chi connectivity index (χ4v) is 1.90. The van der Waals surface area contributed by atoms with Gasteiger partial charge in [0.2, 0.25) is 11.8 Å². The number of hydrogen-bond donors (Lipinski definition) is 1. The highest BCUT2D eigenvalue weighted by Crippen LogP contribution is 2.13. The van der Waals surface area contributed by atoms with E-state index in [1.54, 1.807) is 25.4 Å². The van der Waals surface area contributed by atoms with Gasteiger partial charge in [0, 0.05) is 24.9 Å². The first-order valence-electron chi connectivity index (χ1n) is 7.39. The number of carbonyl (C=O) groups excluding carboxylic acids is 1. The van der Waals surface area contributed by atoms with Gasteiger partial charge in [0.15, 0.2) is 0 Å². The highest BCUT2D eigenvalue weighted by Gasteiger charge is 1.99. The van der Waals surface area contributed by atoms with Crippen molar-refractivity contribution in [2.45, 2.75) is 13.5 Å². The Bertz CT molecular complexity index is 649. The summed E-state index contributed by atoms with van der Waals surface area (Å²) in [5.74, 6) is 1.21. The van der Waals surface area contributed by atoms with Crippen LogP contribution in [0, 0.1) is 0 Å². The molecule has 0 saturated carbocycles. The Kier molecular flexibility index (Phi) is 6.17. The van der Waals surface area contributed by atoms with Crippen LogP contribution < -0.4 is 14.8 Å². The Hall–Kier alpha value is -2.82. The SMILES string of the molecule is CCOc1ccc(C=CC(=O)NCc2ccc(OC)nc2)cc1. The van der Waals surface area contributed by atoms with Gasteiger partial charge in [0.05, 0.1) is 13.7 Å². The zero-order chi connectivity index (χ0) is 16.5. The minimum Gasteiger partial charge on any atom is -0.494 e. The molecule has 0 aliphatic carbocycles. The summed E-state index contributed by atoms with van der Waals surface area (Å²) in [4.78, 5) is 15.9. The number of methoxy groups -OCH3 is 1. The van der Waals surface area contributed by atoms with Crippen LogP contribution in [0.1, 0.15) is 18.1 Å². The van der Waals surface area contributed by atoms with Gasteiger partial charge >= 0.3 is 0 Å². The molecule has 5 nitrogen and oxygen atoms in total. The number of benzene rings is 1. The van der Waals surface area contributed by atoms with Gasteiger partial charge in [-0.15, -0.1) is 0 Å². The molecule has 0 atom stereocenters. The smallest absolute Gasteiger partial charge is 0.244 e. The van der Waals surface area contributed by atoms with E-state index in [9.17, 15) is 4.79 Å². The lowest BCUT2D eigenvalue weighted by molar-refractivity contribution is -0.116. The Morgan fingerprint density at radius 2 is 2.00 bits per heavy atom. The van der Waals surface area contributed by atoms with Crippen molar-refractivity contribution >= 4 is 12.0 Å². The van der Waals surface area contributed by atoms with E-state index in [0.29, 0.717) is 19.0 Å². The average Bonchev–Trinajstić information content (AvgIpc) is 2.60. The summed E-state index contributed by atoms with van der Waals surface area (Å²) >= 11 is 0. The van der Waals surface area contributed by atoms with Crippen molar-refractivity contribution in [3.8, 4) is 11.6 Å². The second-order valence-electron chi connectivity index (χ2n) is 4.76. The van der Waals surface area contributed by atoms with Crippen LogP contribution in [0.5, 0.6) is 11.6 Å². The molecule has 1 aromatic carbocycles. The molecule has 0 unspecified atom stereocenters. The lowest BCUT2D eigenvalue weighted by atomic mass is 10.2. The van der Waals surface area contributed by atoms with Crippen LogP contribution in [0.15, 0.2) is 48.7 Å². The molecule has 0 spiro atoms. The molecular formula is C18H20N2O3. The lowest BCUT2D eigenvalue weighted by Crippen LogP contribution is -2.20. The first-order valence-corrected chi connectivity index (χ1v) is 7.39. The zero-order valence-corrected chi connectivity index (χ0v) is 13.3. The fraction of sp³-hybridized carbons (Fsp3) is 0.222. The molecule has 1 N–H and O–H groups in total.